The van der Waals surface area contributed by atoms with Gasteiger partial charge in [-0.1, -0.05) is 54.1 Å². The molecule has 0 spiro atoms. The van der Waals surface area contributed by atoms with Crippen molar-refractivity contribution in [3.8, 4) is 5.75 Å². The van der Waals surface area contributed by atoms with E-state index in [0.717, 1.165) is 16.7 Å². The third kappa shape index (κ3) is 5.56. The minimum Gasteiger partial charge on any atom is -0.495 e. The zero-order valence-corrected chi connectivity index (χ0v) is 21.1. The van der Waals surface area contributed by atoms with E-state index < -0.39 is 16.1 Å². The summed E-state index contributed by atoms with van der Waals surface area (Å²) >= 11 is 0. The Morgan fingerprint density at radius 2 is 1.51 bits per heavy atom. The number of ether oxygens (including phenoxy) is 1. The third-order valence-electron chi connectivity index (χ3n) is 6.27. The van der Waals surface area contributed by atoms with Gasteiger partial charge >= 0.3 is 0 Å². The Morgan fingerprint density at radius 3 is 2.14 bits per heavy atom. The predicted molar refractivity (Wildman–Crippen MR) is 137 cm³/mol. The van der Waals surface area contributed by atoms with E-state index in [9.17, 15) is 13.2 Å². The van der Waals surface area contributed by atoms with Gasteiger partial charge in [-0.05, 0) is 49.2 Å². The first-order chi connectivity index (χ1) is 16.8. The number of nitrogens with zero attached hydrogens (tertiary/aromatic N) is 2. The number of anilines is 1. The standard InChI is InChI=1S/C27H31N3O4S/c1-20-9-12-23(13-10-20)35(32,33)30-17-15-29(16-18-30)26(22-7-5-4-6-8-22)27(31)28-24-19-21(2)11-14-25(24)34-3/h4-14,19,26H,15-18H2,1-3H3,(H,28,31)/t26-/m0/s1. The van der Waals surface area contributed by atoms with Crippen LogP contribution in [0.15, 0.2) is 77.7 Å². The number of methoxy groups -OCH3 is 1. The molecule has 3 aromatic rings. The Hall–Kier alpha value is -3.20. The van der Waals surface area contributed by atoms with Crippen LogP contribution in [0.5, 0.6) is 5.75 Å². The third-order valence-corrected chi connectivity index (χ3v) is 8.19. The fourth-order valence-electron chi connectivity index (χ4n) is 4.35. The number of carbonyl (C=O) groups is 1. The molecule has 8 heteroatoms. The molecule has 0 aromatic heterocycles. The Kier molecular flexibility index (Phi) is 7.54. The van der Waals surface area contributed by atoms with Crippen LogP contribution in [0.4, 0.5) is 5.69 Å². The van der Waals surface area contributed by atoms with Gasteiger partial charge in [0.15, 0.2) is 0 Å². The molecule has 3 aromatic carbocycles. The highest BCUT2D eigenvalue weighted by Gasteiger charge is 2.34. The van der Waals surface area contributed by atoms with Gasteiger partial charge in [0.25, 0.3) is 0 Å². The Balaban J connectivity index is 1.55. The molecule has 1 fully saturated rings. The molecule has 7 nitrogen and oxygen atoms in total. The number of nitrogens with one attached hydrogen (secondary N) is 1. The molecule has 1 aliphatic rings. The number of piperazine rings is 1. The van der Waals surface area contributed by atoms with Gasteiger partial charge in [-0.15, -0.1) is 0 Å². The number of aryl methyl sites for hydroxylation is 2. The van der Waals surface area contributed by atoms with Gasteiger partial charge in [0.1, 0.15) is 11.8 Å². The second-order valence-electron chi connectivity index (χ2n) is 8.76. The maximum Gasteiger partial charge on any atom is 0.246 e. The molecule has 0 aliphatic carbocycles. The number of hydrogen-bond donors (Lipinski definition) is 1. The first-order valence-corrected chi connectivity index (χ1v) is 13.0. The fraction of sp³-hybridized carbons (Fsp3) is 0.296. The molecule has 1 saturated heterocycles. The van der Waals surface area contributed by atoms with E-state index in [4.69, 9.17) is 4.74 Å². The minimum absolute atomic E-state index is 0.185. The molecule has 0 saturated carbocycles. The summed E-state index contributed by atoms with van der Waals surface area (Å²) in [6.45, 7) is 5.36. The highest BCUT2D eigenvalue weighted by atomic mass is 32.2. The number of hydrogen-bond acceptors (Lipinski definition) is 5. The van der Waals surface area contributed by atoms with Crippen molar-refractivity contribution >= 4 is 21.6 Å². The van der Waals surface area contributed by atoms with Crippen molar-refractivity contribution in [3.63, 3.8) is 0 Å². The van der Waals surface area contributed by atoms with Gasteiger partial charge in [0.05, 0.1) is 17.7 Å². The lowest BCUT2D eigenvalue weighted by molar-refractivity contribution is -0.122. The normalized spacial score (nSPS) is 16.0. The molecule has 35 heavy (non-hydrogen) atoms. The van der Waals surface area contributed by atoms with Gasteiger partial charge in [0, 0.05) is 26.2 Å². The SMILES string of the molecule is COc1ccc(C)cc1NC(=O)[C@H](c1ccccc1)N1CCN(S(=O)(=O)c2ccc(C)cc2)CC1. The first-order valence-electron chi connectivity index (χ1n) is 11.6. The van der Waals surface area contributed by atoms with Crippen LogP contribution in [-0.2, 0) is 14.8 Å². The molecule has 1 atom stereocenters. The molecule has 184 valence electrons. The lowest BCUT2D eigenvalue weighted by Gasteiger charge is -2.38. The summed E-state index contributed by atoms with van der Waals surface area (Å²) in [6, 6.07) is 21.5. The van der Waals surface area contributed by atoms with Crippen molar-refractivity contribution in [2.24, 2.45) is 0 Å². The van der Waals surface area contributed by atoms with Crippen molar-refractivity contribution in [1.29, 1.82) is 0 Å². The number of carbonyl (C=O) groups excluding carboxylic acids is 1. The van der Waals surface area contributed by atoms with E-state index in [0.29, 0.717) is 42.5 Å². The number of benzene rings is 3. The molecule has 0 unspecified atom stereocenters. The van der Waals surface area contributed by atoms with Crippen LogP contribution in [0.25, 0.3) is 0 Å². The largest absolute Gasteiger partial charge is 0.495 e. The summed E-state index contributed by atoms with van der Waals surface area (Å²) in [6.07, 6.45) is 0. The lowest BCUT2D eigenvalue weighted by atomic mass is 10.0. The number of sulfonamides is 1. The molecule has 1 heterocycles. The van der Waals surface area contributed by atoms with E-state index in [1.807, 2.05) is 67.3 Å². The summed E-state index contributed by atoms with van der Waals surface area (Å²) in [4.78, 5) is 15.9. The van der Waals surface area contributed by atoms with Crippen molar-refractivity contribution < 1.29 is 17.9 Å². The van der Waals surface area contributed by atoms with Crippen LogP contribution in [0.3, 0.4) is 0 Å². The molecule has 0 radical (unpaired) electrons. The summed E-state index contributed by atoms with van der Waals surface area (Å²) < 4.78 is 33.2. The van der Waals surface area contributed by atoms with E-state index >= 15 is 0 Å². The van der Waals surface area contributed by atoms with Crippen molar-refractivity contribution in [2.75, 3.05) is 38.6 Å². The van der Waals surface area contributed by atoms with Gasteiger partial charge in [-0.2, -0.15) is 4.31 Å². The van der Waals surface area contributed by atoms with E-state index in [1.54, 1.807) is 31.4 Å². The van der Waals surface area contributed by atoms with Gasteiger partial charge in [-0.25, -0.2) is 8.42 Å². The Morgan fingerprint density at radius 1 is 0.886 bits per heavy atom. The lowest BCUT2D eigenvalue weighted by Crippen LogP contribution is -2.51. The summed E-state index contributed by atoms with van der Waals surface area (Å²) in [5, 5.41) is 3.03. The summed E-state index contributed by atoms with van der Waals surface area (Å²) in [5.74, 6) is 0.403. The maximum absolute atomic E-state index is 13.6. The summed E-state index contributed by atoms with van der Waals surface area (Å²) in [5.41, 5.74) is 3.48. The average molecular weight is 494 g/mol. The van der Waals surface area contributed by atoms with Crippen LogP contribution in [0, 0.1) is 13.8 Å². The molecule has 0 bridgehead atoms. The summed E-state index contributed by atoms with van der Waals surface area (Å²) in [7, 11) is -2.01. The first kappa shape index (κ1) is 24.9. The Labute approximate surface area is 207 Å². The van der Waals surface area contributed by atoms with Crippen LogP contribution in [0.1, 0.15) is 22.7 Å². The number of amides is 1. The molecule has 1 aliphatic heterocycles. The van der Waals surface area contributed by atoms with Crippen LogP contribution in [0.2, 0.25) is 0 Å². The fourth-order valence-corrected chi connectivity index (χ4v) is 5.77. The zero-order valence-electron chi connectivity index (χ0n) is 20.3. The van der Waals surface area contributed by atoms with Crippen molar-refractivity contribution in [2.45, 2.75) is 24.8 Å². The predicted octanol–water partition coefficient (Wildman–Crippen LogP) is 4.00. The Bertz CT molecular complexity index is 1270. The molecule has 1 N–H and O–H groups in total. The molecule has 1 amide bonds. The second-order valence-corrected chi connectivity index (χ2v) is 10.7. The van der Waals surface area contributed by atoms with E-state index in [-0.39, 0.29) is 5.91 Å². The van der Waals surface area contributed by atoms with Gasteiger partial charge < -0.3 is 10.1 Å². The van der Waals surface area contributed by atoms with Crippen molar-refractivity contribution in [3.05, 3.63) is 89.5 Å². The second kappa shape index (κ2) is 10.6. The molecular formula is C27H31N3O4S. The monoisotopic (exact) mass is 493 g/mol. The quantitative estimate of drug-likeness (QED) is 0.538. The van der Waals surface area contributed by atoms with Crippen molar-refractivity contribution in [1.82, 2.24) is 9.21 Å². The molecular weight excluding hydrogens is 462 g/mol. The number of rotatable bonds is 7. The van der Waals surface area contributed by atoms with Gasteiger partial charge in [0.2, 0.25) is 15.9 Å². The van der Waals surface area contributed by atoms with E-state index in [2.05, 4.69) is 5.32 Å². The van der Waals surface area contributed by atoms with Gasteiger partial charge in [-0.3, -0.25) is 9.69 Å². The topological polar surface area (TPSA) is 79.0 Å². The maximum atomic E-state index is 13.6. The molecule has 4 rings (SSSR count). The van der Waals surface area contributed by atoms with Crippen LogP contribution in [-0.4, -0.2) is 56.8 Å². The average Bonchev–Trinajstić information content (AvgIpc) is 2.86. The van der Waals surface area contributed by atoms with Crippen LogP contribution >= 0.6 is 0 Å². The highest BCUT2D eigenvalue weighted by molar-refractivity contribution is 7.89. The minimum atomic E-state index is -3.59. The van der Waals surface area contributed by atoms with E-state index in [1.165, 1.54) is 4.31 Å². The van der Waals surface area contributed by atoms with Crippen LogP contribution < -0.4 is 10.1 Å². The highest BCUT2D eigenvalue weighted by Crippen LogP contribution is 2.30. The smallest absolute Gasteiger partial charge is 0.246 e. The zero-order chi connectivity index (χ0) is 25.0.